The Kier molecular flexibility index (Phi) is 3.00. The lowest BCUT2D eigenvalue weighted by atomic mass is 10.1. The van der Waals surface area contributed by atoms with Gasteiger partial charge in [0, 0.05) is 11.6 Å². The largest absolute Gasteiger partial charge is 0.437 e. The Balaban J connectivity index is 2.02. The van der Waals surface area contributed by atoms with Crippen LogP contribution < -0.4 is 4.74 Å². The van der Waals surface area contributed by atoms with Gasteiger partial charge in [-0.25, -0.2) is 0 Å². The lowest BCUT2D eigenvalue weighted by Gasteiger charge is -2.08. The molecule has 98 valence electrons. The summed E-state index contributed by atoms with van der Waals surface area (Å²) in [4.78, 5) is 5.22. The summed E-state index contributed by atoms with van der Waals surface area (Å²) in [6.45, 7) is 3.94. The molecule has 0 bridgehead atoms. The predicted octanol–water partition coefficient (Wildman–Crippen LogP) is 3.30. The van der Waals surface area contributed by atoms with Crippen LogP contribution in [0.3, 0.4) is 0 Å². The fraction of sp³-hybridized carbons (Fsp3) is 0.214. The van der Waals surface area contributed by atoms with Crippen molar-refractivity contribution < 1.29 is 9.84 Å². The highest BCUT2D eigenvalue weighted by Crippen LogP contribution is 2.30. The van der Waals surface area contributed by atoms with E-state index in [1.165, 1.54) is 16.9 Å². The van der Waals surface area contributed by atoms with Crippen molar-refractivity contribution in [1.82, 2.24) is 9.38 Å². The lowest BCUT2D eigenvalue weighted by molar-refractivity contribution is 0.269. The summed E-state index contributed by atoms with van der Waals surface area (Å²) in [5.74, 6) is 1.24. The zero-order chi connectivity index (χ0) is 13.4. The standard InChI is InChI=1S/C14H14N2O2S/c1-9-3-4-12(10(2)7-9)18-13-11(8-17)16-5-6-19-14(16)15-13/h3-7,17H,8H2,1-2H3. The number of benzene rings is 1. The zero-order valence-corrected chi connectivity index (χ0v) is 11.6. The number of nitrogens with zero attached hydrogens (tertiary/aromatic N) is 2. The maximum atomic E-state index is 9.48. The SMILES string of the molecule is Cc1ccc(Oc2nc3sccn3c2CO)c(C)c1. The molecule has 3 aromatic rings. The molecule has 19 heavy (non-hydrogen) atoms. The topological polar surface area (TPSA) is 46.8 Å². The Labute approximate surface area is 114 Å². The Hall–Kier alpha value is -1.85. The van der Waals surface area contributed by atoms with Crippen LogP contribution in [0.15, 0.2) is 29.8 Å². The number of aliphatic hydroxyl groups is 1. The number of rotatable bonds is 3. The smallest absolute Gasteiger partial charge is 0.244 e. The van der Waals surface area contributed by atoms with Crippen LogP contribution in [0.25, 0.3) is 4.96 Å². The molecular formula is C14H14N2O2S. The molecule has 2 aromatic heterocycles. The molecule has 5 heteroatoms. The molecular weight excluding hydrogens is 260 g/mol. The highest BCUT2D eigenvalue weighted by Gasteiger charge is 2.15. The Bertz CT molecular complexity index is 730. The molecule has 1 aromatic carbocycles. The maximum Gasteiger partial charge on any atom is 0.244 e. The predicted molar refractivity (Wildman–Crippen MR) is 75.0 cm³/mol. The molecule has 0 saturated carbocycles. The molecule has 0 fully saturated rings. The maximum absolute atomic E-state index is 9.48. The van der Waals surface area contributed by atoms with E-state index in [1.54, 1.807) is 0 Å². The van der Waals surface area contributed by atoms with Crippen molar-refractivity contribution in [3.05, 3.63) is 46.6 Å². The molecule has 2 heterocycles. The second kappa shape index (κ2) is 4.68. The first-order valence-electron chi connectivity index (χ1n) is 5.99. The first kappa shape index (κ1) is 12.2. The minimum Gasteiger partial charge on any atom is -0.437 e. The highest BCUT2D eigenvalue weighted by molar-refractivity contribution is 7.15. The normalized spacial score (nSPS) is 11.1. The van der Waals surface area contributed by atoms with Crippen LogP contribution in [0.4, 0.5) is 0 Å². The lowest BCUT2D eigenvalue weighted by Crippen LogP contribution is -1.95. The van der Waals surface area contributed by atoms with Crippen molar-refractivity contribution in [1.29, 1.82) is 0 Å². The average Bonchev–Trinajstić information content (AvgIpc) is 2.92. The molecule has 0 amide bonds. The van der Waals surface area contributed by atoms with Crippen molar-refractivity contribution in [2.75, 3.05) is 0 Å². The Morgan fingerprint density at radius 2 is 2.21 bits per heavy atom. The molecule has 1 N–H and O–H groups in total. The number of aromatic nitrogens is 2. The molecule has 0 radical (unpaired) electrons. The van der Waals surface area contributed by atoms with Crippen LogP contribution in [0.5, 0.6) is 11.6 Å². The number of ether oxygens (including phenoxy) is 1. The van der Waals surface area contributed by atoms with Crippen LogP contribution >= 0.6 is 11.3 Å². The Morgan fingerprint density at radius 1 is 1.37 bits per heavy atom. The summed E-state index contributed by atoms with van der Waals surface area (Å²) in [6, 6.07) is 5.99. The third-order valence-electron chi connectivity index (χ3n) is 3.01. The molecule has 0 aliphatic carbocycles. The molecule has 0 spiro atoms. The third kappa shape index (κ3) is 2.11. The molecule has 3 rings (SSSR count). The highest BCUT2D eigenvalue weighted by atomic mass is 32.1. The van der Waals surface area contributed by atoms with E-state index in [9.17, 15) is 5.11 Å². The molecule has 0 aliphatic heterocycles. The van der Waals surface area contributed by atoms with Gasteiger partial charge in [0.2, 0.25) is 5.88 Å². The summed E-state index contributed by atoms with van der Waals surface area (Å²) in [5.41, 5.74) is 2.93. The van der Waals surface area contributed by atoms with Gasteiger partial charge < -0.3 is 9.84 Å². The summed E-state index contributed by atoms with van der Waals surface area (Å²) in [7, 11) is 0. The van der Waals surface area contributed by atoms with Gasteiger partial charge in [-0.05, 0) is 25.5 Å². The number of fused-ring (bicyclic) bond motifs is 1. The Morgan fingerprint density at radius 3 is 2.95 bits per heavy atom. The van der Waals surface area contributed by atoms with Gasteiger partial charge in [0.1, 0.15) is 11.4 Å². The van der Waals surface area contributed by atoms with Gasteiger partial charge in [-0.2, -0.15) is 4.98 Å². The number of hydrogen-bond donors (Lipinski definition) is 1. The zero-order valence-electron chi connectivity index (χ0n) is 10.8. The summed E-state index contributed by atoms with van der Waals surface area (Å²) in [6.07, 6.45) is 1.88. The van der Waals surface area contributed by atoms with Gasteiger partial charge >= 0.3 is 0 Å². The van der Waals surface area contributed by atoms with E-state index >= 15 is 0 Å². The fourth-order valence-corrected chi connectivity index (χ4v) is 2.78. The van der Waals surface area contributed by atoms with Crippen molar-refractivity contribution >= 4 is 16.3 Å². The number of aliphatic hydroxyl groups excluding tert-OH is 1. The minimum atomic E-state index is -0.0991. The third-order valence-corrected chi connectivity index (χ3v) is 3.77. The first-order valence-corrected chi connectivity index (χ1v) is 6.87. The number of thiazole rings is 1. The summed E-state index contributed by atoms with van der Waals surface area (Å²) < 4.78 is 7.69. The van der Waals surface area contributed by atoms with Crippen LogP contribution in [0, 0.1) is 13.8 Å². The van der Waals surface area contributed by atoms with Crippen LogP contribution in [-0.2, 0) is 6.61 Å². The van der Waals surface area contributed by atoms with Crippen LogP contribution in [-0.4, -0.2) is 14.5 Å². The van der Waals surface area contributed by atoms with Gasteiger partial charge in [-0.1, -0.05) is 17.7 Å². The van der Waals surface area contributed by atoms with E-state index in [4.69, 9.17) is 4.74 Å². The van der Waals surface area contributed by atoms with Crippen LogP contribution in [0.1, 0.15) is 16.8 Å². The second-order valence-corrected chi connectivity index (χ2v) is 5.32. The minimum absolute atomic E-state index is 0.0991. The van der Waals surface area contributed by atoms with E-state index in [2.05, 4.69) is 11.1 Å². The van der Waals surface area contributed by atoms with Gasteiger partial charge in [0.15, 0.2) is 4.96 Å². The summed E-state index contributed by atoms with van der Waals surface area (Å²) in [5, 5.41) is 11.4. The average molecular weight is 274 g/mol. The second-order valence-electron chi connectivity index (χ2n) is 4.45. The monoisotopic (exact) mass is 274 g/mol. The van der Waals surface area contributed by atoms with E-state index in [-0.39, 0.29) is 6.61 Å². The van der Waals surface area contributed by atoms with Gasteiger partial charge in [0.05, 0.1) is 6.61 Å². The van der Waals surface area contributed by atoms with Gasteiger partial charge in [0.25, 0.3) is 0 Å². The van der Waals surface area contributed by atoms with Gasteiger partial charge in [-0.3, -0.25) is 4.40 Å². The van der Waals surface area contributed by atoms with Crippen molar-refractivity contribution in [3.8, 4) is 11.6 Å². The molecule has 0 aliphatic rings. The van der Waals surface area contributed by atoms with Crippen molar-refractivity contribution in [3.63, 3.8) is 0 Å². The molecule has 0 atom stereocenters. The van der Waals surface area contributed by atoms with Gasteiger partial charge in [-0.15, -0.1) is 11.3 Å². The van der Waals surface area contributed by atoms with E-state index in [0.717, 1.165) is 16.3 Å². The first-order chi connectivity index (χ1) is 9.19. The summed E-state index contributed by atoms with van der Waals surface area (Å²) >= 11 is 1.52. The quantitative estimate of drug-likeness (QED) is 0.797. The molecule has 4 nitrogen and oxygen atoms in total. The number of aryl methyl sites for hydroxylation is 2. The van der Waals surface area contributed by atoms with Crippen molar-refractivity contribution in [2.45, 2.75) is 20.5 Å². The van der Waals surface area contributed by atoms with E-state index in [1.807, 2.05) is 42.0 Å². The van der Waals surface area contributed by atoms with E-state index in [0.29, 0.717) is 11.6 Å². The van der Waals surface area contributed by atoms with Crippen LogP contribution in [0.2, 0.25) is 0 Å². The molecule has 0 unspecified atom stereocenters. The van der Waals surface area contributed by atoms with E-state index < -0.39 is 0 Å². The number of hydrogen-bond acceptors (Lipinski definition) is 4. The van der Waals surface area contributed by atoms with Crippen molar-refractivity contribution in [2.24, 2.45) is 0 Å². The fourth-order valence-electron chi connectivity index (χ4n) is 2.06. The number of imidazole rings is 1. The molecule has 0 saturated heterocycles.